The van der Waals surface area contributed by atoms with E-state index in [0.29, 0.717) is 0 Å². The molecule has 0 fully saturated rings. The van der Waals surface area contributed by atoms with E-state index in [1.807, 2.05) is 0 Å². The maximum absolute atomic E-state index is 2.48. The summed E-state index contributed by atoms with van der Waals surface area (Å²) in [6, 6.07) is 0. The number of rotatable bonds is 10. The molecule has 0 saturated heterocycles. The molecule has 0 aliphatic carbocycles. The van der Waals surface area contributed by atoms with Gasteiger partial charge in [0.05, 0.1) is 0 Å². The highest BCUT2D eigenvalue weighted by molar-refractivity contribution is 4.67. The van der Waals surface area contributed by atoms with Crippen molar-refractivity contribution in [2.24, 2.45) is 23.7 Å². The molecule has 3 atom stereocenters. The van der Waals surface area contributed by atoms with Gasteiger partial charge in [-0.05, 0) is 23.7 Å². The maximum Gasteiger partial charge on any atom is -0.0391 e. The summed E-state index contributed by atoms with van der Waals surface area (Å²) in [4.78, 5) is 0. The number of hydrogen-bond donors (Lipinski definition) is 0. The van der Waals surface area contributed by atoms with Crippen LogP contribution in [0.1, 0.15) is 86.5 Å². The Hall–Kier alpha value is 0. The molecular weight excluding hydrogens is 204 g/mol. The molecule has 0 nitrogen and oxygen atoms in total. The molecule has 0 heteroatoms. The highest BCUT2D eigenvalue weighted by Crippen LogP contribution is 2.27. The van der Waals surface area contributed by atoms with Crippen LogP contribution in [0.4, 0.5) is 0 Å². The molecule has 17 heavy (non-hydrogen) atoms. The zero-order valence-electron chi connectivity index (χ0n) is 13.3. The van der Waals surface area contributed by atoms with E-state index in [9.17, 15) is 0 Å². The van der Waals surface area contributed by atoms with Crippen LogP contribution in [-0.4, -0.2) is 0 Å². The van der Waals surface area contributed by atoms with Crippen molar-refractivity contribution in [3.05, 3.63) is 0 Å². The summed E-state index contributed by atoms with van der Waals surface area (Å²) in [5.41, 5.74) is 0. The van der Waals surface area contributed by atoms with E-state index in [-0.39, 0.29) is 0 Å². The summed E-state index contributed by atoms with van der Waals surface area (Å²) in [6.07, 6.45) is 9.91. The van der Waals surface area contributed by atoms with Gasteiger partial charge in [-0.2, -0.15) is 0 Å². The smallest absolute Gasteiger partial charge is 0.0391 e. The van der Waals surface area contributed by atoms with Crippen molar-refractivity contribution in [3.63, 3.8) is 0 Å². The third kappa shape index (κ3) is 7.84. The highest BCUT2D eigenvalue weighted by Gasteiger charge is 2.15. The van der Waals surface area contributed by atoms with E-state index in [0.717, 1.165) is 23.7 Å². The van der Waals surface area contributed by atoms with Gasteiger partial charge in [0.2, 0.25) is 0 Å². The number of unbranched alkanes of at least 4 members (excludes halogenated alkanes) is 1. The predicted octanol–water partition coefficient (Wildman–Crippen LogP) is 6.30. The Bertz CT molecular complexity index is 159. The second-order valence-corrected chi connectivity index (χ2v) is 6.44. The molecule has 0 aliphatic heterocycles. The van der Waals surface area contributed by atoms with Gasteiger partial charge in [0, 0.05) is 0 Å². The van der Waals surface area contributed by atoms with Gasteiger partial charge < -0.3 is 0 Å². The first-order valence-corrected chi connectivity index (χ1v) is 8.02. The first-order chi connectivity index (χ1) is 8.02. The van der Waals surface area contributed by atoms with Crippen LogP contribution in [0.3, 0.4) is 0 Å². The van der Waals surface area contributed by atoms with Gasteiger partial charge in [-0.1, -0.05) is 86.5 Å². The fraction of sp³-hybridized carbons (Fsp3) is 1.00. The zero-order valence-corrected chi connectivity index (χ0v) is 13.3. The molecule has 0 amide bonds. The van der Waals surface area contributed by atoms with Gasteiger partial charge in [0.25, 0.3) is 0 Å². The molecule has 0 N–H and O–H groups in total. The number of hydrogen-bond acceptors (Lipinski definition) is 0. The van der Waals surface area contributed by atoms with Crippen LogP contribution in [-0.2, 0) is 0 Å². The van der Waals surface area contributed by atoms with Crippen molar-refractivity contribution in [1.82, 2.24) is 0 Å². The lowest BCUT2D eigenvalue weighted by molar-refractivity contribution is 0.280. The lowest BCUT2D eigenvalue weighted by Crippen LogP contribution is -2.12. The minimum atomic E-state index is 0.854. The molecule has 0 heterocycles. The molecule has 0 saturated carbocycles. The molecule has 0 rings (SSSR count). The summed E-state index contributed by atoms with van der Waals surface area (Å²) in [7, 11) is 0. The van der Waals surface area contributed by atoms with Crippen molar-refractivity contribution in [2.75, 3.05) is 0 Å². The summed E-state index contributed by atoms with van der Waals surface area (Å²) in [5.74, 6) is 3.67. The van der Waals surface area contributed by atoms with Crippen molar-refractivity contribution >= 4 is 0 Å². The van der Waals surface area contributed by atoms with Crippen LogP contribution in [0, 0.1) is 23.7 Å². The molecule has 0 bridgehead atoms. The van der Waals surface area contributed by atoms with Crippen molar-refractivity contribution < 1.29 is 0 Å². The average Bonchev–Trinajstić information content (AvgIpc) is 2.29. The highest BCUT2D eigenvalue weighted by atomic mass is 14.2. The summed E-state index contributed by atoms with van der Waals surface area (Å²) in [6.45, 7) is 14.3. The standard InChI is InChI=1S/C17H36/c1-7-9-13-17(8-2)16(6)12-10-11-15(5)14(3)4/h14-17H,7-13H2,1-6H3. The SMILES string of the molecule is CCCCC(CC)C(C)CCCC(C)C(C)C. The second-order valence-electron chi connectivity index (χ2n) is 6.44. The summed E-state index contributed by atoms with van der Waals surface area (Å²) in [5, 5.41) is 0. The van der Waals surface area contributed by atoms with Gasteiger partial charge in [-0.3, -0.25) is 0 Å². The molecule has 104 valence electrons. The van der Waals surface area contributed by atoms with E-state index in [1.165, 1.54) is 44.9 Å². The molecule has 0 aromatic rings. The molecule has 0 spiro atoms. The van der Waals surface area contributed by atoms with Gasteiger partial charge in [0.15, 0.2) is 0 Å². The van der Waals surface area contributed by atoms with Crippen LogP contribution in [0.5, 0.6) is 0 Å². The zero-order chi connectivity index (χ0) is 13.3. The minimum Gasteiger partial charge on any atom is -0.0654 e. The second kappa shape index (κ2) is 9.97. The Kier molecular flexibility index (Phi) is 9.97. The minimum absolute atomic E-state index is 0.854. The third-order valence-corrected chi connectivity index (χ3v) is 4.71. The van der Waals surface area contributed by atoms with Gasteiger partial charge in [-0.15, -0.1) is 0 Å². The summed E-state index contributed by atoms with van der Waals surface area (Å²) < 4.78 is 0. The Labute approximate surface area is 111 Å². The van der Waals surface area contributed by atoms with E-state index in [2.05, 4.69) is 41.5 Å². The lowest BCUT2D eigenvalue weighted by Gasteiger charge is -2.23. The Morgan fingerprint density at radius 2 is 1.29 bits per heavy atom. The predicted molar refractivity (Wildman–Crippen MR) is 80.3 cm³/mol. The van der Waals surface area contributed by atoms with Crippen LogP contribution in [0.2, 0.25) is 0 Å². The topological polar surface area (TPSA) is 0 Å². The largest absolute Gasteiger partial charge is 0.0654 e. The molecule has 0 aliphatic rings. The van der Waals surface area contributed by atoms with Crippen LogP contribution in [0.25, 0.3) is 0 Å². The van der Waals surface area contributed by atoms with Crippen molar-refractivity contribution in [1.29, 1.82) is 0 Å². The molecule has 3 unspecified atom stereocenters. The molecule has 0 radical (unpaired) electrons. The van der Waals surface area contributed by atoms with Gasteiger partial charge in [0.1, 0.15) is 0 Å². The van der Waals surface area contributed by atoms with Crippen molar-refractivity contribution in [3.8, 4) is 0 Å². The van der Waals surface area contributed by atoms with Gasteiger partial charge in [-0.25, -0.2) is 0 Å². The van der Waals surface area contributed by atoms with E-state index in [1.54, 1.807) is 0 Å². The molecule has 0 aromatic carbocycles. The van der Waals surface area contributed by atoms with Gasteiger partial charge >= 0.3 is 0 Å². The fourth-order valence-corrected chi connectivity index (χ4v) is 2.69. The van der Waals surface area contributed by atoms with Crippen LogP contribution < -0.4 is 0 Å². The lowest BCUT2D eigenvalue weighted by atomic mass is 9.82. The Morgan fingerprint density at radius 3 is 1.76 bits per heavy atom. The first kappa shape index (κ1) is 17.0. The van der Waals surface area contributed by atoms with Crippen molar-refractivity contribution in [2.45, 2.75) is 86.5 Å². The third-order valence-electron chi connectivity index (χ3n) is 4.71. The summed E-state index contributed by atoms with van der Waals surface area (Å²) >= 11 is 0. The molecular formula is C17H36. The maximum atomic E-state index is 2.48. The molecule has 0 aromatic heterocycles. The quantitative estimate of drug-likeness (QED) is 0.420. The van der Waals surface area contributed by atoms with E-state index in [4.69, 9.17) is 0 Å². The van der Waals surface area contributed by atoms with Crippen LogP contribution in [0.15, 0.2) is 0 Å². The Morgan fingerprint density at radius 1 is 0.706 bits per heavy atom. The Balaban J connectivity index is 3.78. The normalized spacial score (nSPS) is 17.1. The van der Waals surface area contributed by atoms with E-state index >= 15 is 0 Å². The monoisotopic (exact) mass is 240 g/mol. The first-order valence-electron chi connectivity index (χ1n) is 8.02. The van der Waals surface area contributed by atoms with E-state index < -0.39 is 0 Å². The van der Waals surface area contributed by atoms with Crippen LogP contribution >= 0.6 is 0 Å². The fourth-order valence-electron chi connectivity index (χ4n) is 2.69. The average molecular weight is 240 g/mol.